The summed E-state index contributed by atoms with van der Waals surface area (Å²) in [6, 6.07) is 7.96. The van der Waals surface area contributed by atoms with E-state index < -0.39 is 0 Å². The minimum absolute atomic E-state index is 0.146. The molecule has 0 unspecified atom stereocenters. The van der Waals surface area contributed by atoms with Crippen LogP contribution < -0.4 is 4.90 Å². The largest absolute Gasteiger partial charge is 0.378 e. The van der Waals surface area contributed by atoms with Crippen LogP contribution in [-0.4, -0.2) is 79.7 Å². The van der Waals surface area contributed by atoms with Gasteiger partial charge in [-0.05, 0) is 24.7 Å². The highest BCUT2D eigenvalue weighted by Crippen LogP contribution is 2.39. The molecule has 144 valence electrons. The number of hydrogen-bond donors (Lipinski definition) is 0. The van der Waals surface area contributed by atoms with Crippen LogP contribution in [0.15, 0.2) is 30.5 Å². The first-order chi connectivity index (χ1) is 13.3. The Kier molecular flexibility index (Phi) is 5.71. The summed E-state index contributed by atoms with van der Waals surface area (Å²) in [5, 5.41) is 1.13. The highest BCUT2D eigenvalue weighted by Gasteiger charge is 2.26. The lowest BCUT2D eigenvalue weighted by Crippen LogP contribution is -2.48. The molecular weight excluding hydrogens is 360 g/mol. The van der Waals surface area contributed by atoms with Crippen LogP contribution in [0.2, 0.25) is 0 Å². The number of thiophene rings is 1. The summed E-state index contributed by atoms with van der Waals surface area (Å²) in [7, 11) is 0. The summed E-state index contributed by atoms with van der Waals surface area (Å²) >= 11 is 1.59. The first-order valence-corrected chi connectivity index (χ1v) is 10.5. The number of rotatable bonds is 4. The Bertz CT molecular complexity index is 766. The average Bonchev–Trinajstić information content (AvgIpc) is 3.20. The molecule has 1 amide bonds. The van der Waals surface area contributed by atoms with Crippen LogP contribution >= 0.6 is 11.3 Å². The maximum atomic E-state index is 13.1. The summed E-state index contributed by atoms with van der Waals surface area (Å²) in [4.78, 5) is 25.2. The number of nitrogens with zero attached hydrogens (tertiary/aromatic N) is 4. The van der Waals surface area contributed by atoms with E-state index >= 15 is 0 Å². The topological polar surface area (TPSA) is 48.9 Å². The molecule has 0 N–H and O–H groups in total. The summed E-state index contributed by atoms with van der Waals surface area (Å²) in [6.45, 7) is 9.88. The van der Waals surface area contributed by atoms with Crippen LogP contribution in [0.4, 0.5) is 5.00 Å². The maximum Gasteiger partial charge on any atom is 0.264 e. The number of aromatic nitrogens is 1. The number of piperazine rings is 1. The minimum Gasteiger partial charge on any atom is -0.378 e. The number of amides is 1. The Hall–Kier alpha value is -1.96. The molecule has 2 saturated heterocycles. The van der Waals surface area contributed by atoms with Gasteiger partial charge in [0.1, 0.15) is 5.00 Å². The molecule has 2 aromatic rings. The second-order valence-corrected chi connectivity index (χ2v) is 7.90. The van der Waals surface area contributed by atoms with E-state index in [0.717, 1.165) is 80.2 Å². The van der Waals surface area contributed by atoms with Crippen LogP contribution in [0, 0.1) is 0 Å². The van der Waals surface area contributed by atoms with E-state index in [1.165, 1.54) is 0 Å². The highest BCUT2D eigenvalue weighted by molar-refractivity contribution is 7.18. The average molecular weight is 387 g/mol. The van der Waals surface area contributed by atoms with Gasteiger partial charge in [0.05, 0.1) is 23.8 Å². The molecule has 0 saturated carbocycles. The number of carbonyl (C=O) groups is 1. The molecule has 0 aliphatic carbocycles. The molecule has 4 heterocycles. The van der Waals surface area contributed by atoms with Gasteiger partial charge < -0.3 is 19.4 Å². The van der Waals surface area contributed by atoms with Crippen molar-refractivity contribution in [3.63, 3.8) is 0 Å². The van der Waals surface area contributed by atoms with Crippen molar-refractivity contribution in [2.24, 2.45) is 0 Å². The monoisotopic (exact) mass is 386 g/mol. The fourth-order valence-electron chi connectivity index (χ4n) is 3.62. The van der Waals surface area contributed by atoms with Crippen LogP contribution in [0.5, 0.6) is 0 Å². The zero-order valence-corrected chi connectivity index (χ0v) is 16.6. The number of pyridine rings is 1. The van der Waals surface area contributed by atoms with Crippen molar-refractivity contribution in [3.8, 4) is 11.3 Å². The van der Waals surface area contributed by atoms with E-state index in [9.17, 15) is 4.79 Å². The van der Waals surface area contributed by atoms with Gasteiger partial charge in [0.25, 0.3) is 5.91 Å². The van der Waals surface area contributed by atoms with Crippen molar-refractivity contribution >= 4 is 22.2 Å². The Balaban J connectivity index is 1.61. The van der Waals surface area contributed by atoms with E-state index in [1.54, 1.807) is 11.3 Å². The van der Waals surface area contributed by atoms with Crippen LogP contribution in [-0.2, 0) is 4.74 Å². The molecule has 2 aliphatic rings. The van der Waals surface area contributed by atoms with Gasteiger partial charge in [-0.15, -0.1) is 11.3 Å². The van der Waals surface area contributed by atoms with Crippen LogP contribution in [0.25, 0.3) is 11.3 Å². The molecule has 0 aromatic carbocycles. The molecule has 2 aliphatic heterocycles. The molecule has 0 radical (unpaired) electrons. The number of ether oxygens (including phenoxy) is 1. The quantitative estimate of drug-likeness (QED) is 0.808. The fraction of sp³-hybridized carbons (Fsp3) is 0.500. The molecule has 6 nitrogen and oxygen atoms in total. The highest BCUT2D eigenvalue weighted by atomic mass is 32.1. The van der Waals surface area contributed by atoms with Gasteiger partial charge in [0, 0.05) is 51.0 Å². The van der Waals surface area contributed by atoms with E-state index in [1.807, 2.05) is 35.4 Å². The van der Waals surface area contributed by atoms with Crippen molar-refractivity contribution in [1.82, 2.24) is 14.8 Å². The molecule has 0 bridgehead atoms. The maximum absolute atomic E-state index is 13.1. The van der Waals surface area contributed by atoms with Gasteiger partial charge in [-0.2, -0.15) is 0 Å². The Morgan fingerprint density at radius 2 is 1.93 bits per heavy atom. The van der Waals surface area contributed by atoms with Crippen molar-refractivity contribution in [2.45, 2.75) is 6.92 Å². The lowest BCUT2D eigenvalue weighted by Gasteiger charge is -2.33. The molecule has 0 atom stereocenters. The SMILES string of the molecule is CCN1CCN(C(=O)c2cc(-c3ccccn3)c(N3CCOCC3)s2)CC1. The van der Waals surface area contributed by atoms with E-state index in [0.29, 0.717) is 0 Å². The molecule has 2 fully saturated rings. The zero-order valence-electron chi connectivity index (χ0n) is 15.8. The van der Waals surface area contributed by atoms with Gasteiger partial charge in [0.15, 0.2) is 0 Å². The van der Waals surface area contributed by atoms with Crippen molar-refractivity contribution in [3.05, 3.63) is 35.3 Å². The molecule has 0 spiro atoms. The summed E-state index contributed by atoms with van der Waals surface area (Å²) < 4.78 is 5.50. The number of likely N-dealkylation sites (N-methyl/N-ethyl adjacent to an activating group) is 1. The van der Waals surface area contributed by atoms with Crippen molar-refractivity contribution in [2.75, 3.05) is 63.9 Å². The molecule has 27 heavy (non-hydrogen) atoms. The van der Waals surface area contributed by atoms with Gasteiger partial charge in [-0.1, -0.05) is 13.0 Å². The lowest BCUT2D eigenvalue weighted by molar-refractivity contribution is 0.0648. The number of hydrogen-bond acceptors (Lipinski definition) is 6. The molecule has 7 heteroatoms. The third-order valence-electron chi connectivity index (χ3n) is 5.27. The first kappa shape index (κ1) is 18.4. The summed E-state index contributed by atoms with van der Waals surface area (Å²) in [5.41, 5.74) is 1.98. The lowest BCUT2D eigenvalue weighted by atomic mass is 10.1. The Labute approximate surface area is 164 Å². The normalized spacial score (nSPS) is 18.7. The number of morpholine rings is 1. The molecule has 2 aromatic heterocycles. The van der Waals surface area contributed by atoms with Gasteiger partial charge in [-0.3, -0.25) is 9.78 Å². The molecule has 4 rings (SSSR count). The van der Waals surface area contributed by atoms with Gasteiger partial charge in [-0.25, -0.2) is 0 Å². The predicted molar refractivity (Wildman–Crippen MR) is 109 cm³/mol. The summed E-state index contributed by atoms with van der Waals surface area (Å²) in [5.74, 6) is 0.146. The Morgan fingerprint density at radius 1 is 1.15 bits per heavy atom. The van der Waals surface area contributed by atoms with Gasteiger partial charge >= 0.3 is 0 Å². The predicted octanol–water partition coefficient (Wildman–Crippen LogP) is 2.42. The molecular formula is C20H26N4O2S. The summed E-state index contributed by atoms with van der Waals surface area (Å²) in [6.07, 6.45) is 1.81. The minimum atomic E-state index is 0.146. The van der Waals surface area contributed by atoms with Gasteiger partial charge in [0.2, 0.25) is 0 Å². The van der Waals surface area contributed by atoms with Crippen molar-refractivity contribution < 1.29 is 9.53 Å². The van der Waals surface area contributed by atoms with E-state index in [4.69, 9.17) is 4.74 Å². The first-order valence-electron chi connectivity index (χ1n) is 9.66. The van der Waals surface area contributed by atoms with E-state index in [2.05, 4.69) is 21.7 Å². The fourth-order valence-corrected chi connectivity index (χ4v) is 4.80. The van der Waals surface area contributed by atoms with Crippen LogP contribution in [0.1, 0.15) is 16.6 Å². The second-order valence-electron chi connectivity index (χ2n) is 6.87. The smallest absolute Gasteiger partial charge is 0.264 e. The Morgan fingerprint density at radius 3 is 2.59 bits per heavy atom. The third-order valence-corrected chi connectivity index (χ3v) is 6.45. The number of anilines is 1. The van der Waals surface area contributed by atoms with Crippen LogP contribution in [0.3, 0.4) is 0 Å². The van der Waals surface area contributed by atoms with E-state index in [-0.39, 0.29) is 5.91 Å². The standard InChI is InChI=1S/C20H26N4O2S/c1-2-22-7-9-23(10-8-22)19(25)18-15-16(17-5-3-4-6-21-17)20(27-18)24-11-13-26-14-12-24/h3-6,15H,2,7-14H2,1H3. The number of carbonyl (C=O) groups excluding carboxylic acids is 1. The second kappa shape index (κ2) is 8.37. The van der Waals surface area contributed by atoms with Crippen molar-refractivity contribution in [1.29, 1.82) is 0 Å². The zero-order chi connectivity index (χ0) is 18.6. The third kappa shape index (κ3) is 4.00.